The number of benzene rings is 2. The zero-order valence-corrected chi connectivity index (χ0v) is 29.8. The molecule has 0 saturated heterocycles. The molecular formula is C36H41F4N5O9. The van der Waals surface area contributed by atoms with Crippen LogP contribution in [0.4, 0.5) is 27.2 Å². The first-order chi connectivity index (χ1) is 25.5. The van der Waals surface area contributed by atoms with Crippen LogP contribution in [0.15, 0.2) is 40.8 Å². The summed E-state index contributed by atoms with van der Waals surface area (Å²) in [5.74, 6) is -4.31. The Morgan fingerprint density at radius 1 is 0.981 bits per heavy atom. The number of hydrogen-bond acceptors (Lipinski definition) is 9. The third-order valence-corrected chi connectivity index (χ3v) is 8.35. The molecule has 292 valence electrons. The van der Waals surface area contributed by atoms with E-state index in [1.165, 1.54) is 25.1 Å². The fourth-order valence-corrected chi connectivity index (χ4v) is 5.42. The molecule has 14 nitrogen and oxygen atoms in total. The van der Waals surface area contributed by atoms with E-state index in [0.29, 0.717) is 18.9 Å². The summed E-state index contributed by atoms with van der Waals surface area (Å²) < 4.78 is 77.2. The lowest BCUT2D eigenvalue weighted by molar-refractivity contribution is -0.123. The summed E-state index contributed by atoms with van der Waals surface area (Å²) in [4.78, 5) is 55.5. The Bertz CT molecular complexity index is 1860. The first-order valence-corrected chi connectivity index (χ1v) is 17.2. The molecule has 2 aromatic carbocycles. The fourth-order valence-electron chi connectivity index (χ4n) is 5.42. The van der Waals surface area contributed by atoms with Crippen molar-refractivity contribution in [2.45, 2.75) is 83.7 Å². The van der Waals surface area contributed by atoms with Gasteiger partial charge in [0.1, 0.15) is 23.3 Å². The number of ether oxygens (including phenoxy) is 3. The SMILES string of the molecule is CC(NC(=O)OC(C)(C)C)c1oc(-c2ccc(OC(F)F)c(OCC3CC3)c2)nc1C(=O)NC(CNC(=O)C(NC(=O)O)C1CC1)c1ccc(F)cc1F. The van der Waals surface area contributed by atoms with Gasteiger partial charge in [-0.1, -0.05) is 6.07 Å². The molecule has 18 heteroatoms. The van der Waals surface area contributed by atoms with E-state index in [4.69, 9.17) is 13.9 Å². The minimum absolute atomic E-state index is 0.0325. The summed E-state index contributed by atoms with van der Waals surface area (Å²) in [6.45, 7) is 3.05. The minimum Gasteiger partial charge on any atom is -0.489 e. The number of carbonyl (C=O) groups is 4. The molecule has 5 rings (SSSR count). The maximum absolute atomic E-state index is 15.2. The second kappa shape index (κ2) is 16.6. The van der Waals surface area contributed by atoms with Crippen LogP contribution in [0.3, 0.4) is 0 Å². The third-order valence-electron chi connectivity index (χ3n) is 8.35. The molecule has 4 amide bonds. The van der Waals surface area contributed by atoms with Crippen molar-refractivity contribution in [3.05, 3.63) is 65.1 Å². The Kier molecular flexibility index (Phi) is 12.2. The number of halogens is 4. The van der Waals surface area contributed by atoms with Crippen LogP contribution < -0.4 is 30.7 Å². The Hall–Kier alpha value is -5.55. The maximum atomic E-state index is 15.2. The highest BCUT2D eigenvalue weighted by molar-refractivity contribution is 5.94. The Morgan fingerprint density at radius 2 is 1.70 bits per heavy atom. The second-order valence-electron chi connectivity index (χ2n) is 14.1. The molecule has 2 fully saturated rings. The van der Waals surface area contributed by atoms with Crippen LogP contribution in [0.5, 0.6) is 11.5 Å². The summed E-state index contributed by atoms with van der Waals surface area (Å²) in [5, 5.41) is 19.1. The van der Waals surface area contributed by atoms with Gasteiger partial charge in [0.2, 0.25) is 11.8 Å². The van der Waals surface area contributed by atoms with Crippen LogP contribution in [-0.2, 0) is 9.53 Å². The lowest BCUT2D eigenvalue weighted by Gasteiger charge is -2.23. The van der Waals surface area contributed by atoms with E-state index in [9.17, 15) is 37.5 Å². The average Bonchev–Trinajstić information content (AvgIpc) is 4.02. The van der Waals surface area contributed by atoms with Crippen molar-refractivity contribution in [1.29, 1.82) is 0 Å². The zero-order chi connectivity index (χ0) is 39.3. The van der Waals surface area contributed by atoms with Gasteiger partial charge in [-0.2, -0.15) is 8.78 Å². The molecule has 1 aromatic heterocycles. The number of aromatic nitrogens is 1. The van der Waals surface area contributed by atoms with Gasteiger partial charge in [0.15, 0.2) is 23.0 Å². The van der Waals surface area contributed by atoms with Crippen LogP contribution in [-0.4, -0.2) is 65.5 Å². The van der Waals surface area contributed by atoms with Crippen molar-refractivity contribution in [3.63, 3.8) is 0 Å². The molecule has 2 saturated carbocycles. The van der Waals surface area contributed by atoms with Crippen molar-refractivity contribution in [2.24, 2.45) is 11.8 Å². The van der Waals surface area contributed by atoms with Crippen molar-refractivity contribution >= 4 is 24.0 Å². The van der Waals surface area contributed by atoms with Gasteiger partial charge in [0.25, 0.3) is 5.91 Å². The van der Waals surface area contributed by atoms with Gasteiger partial charge in [-0.3, -0.25) is 9.59 Å². The third kappa shape index (κ3) is 11.0. The van der Waals surface area contributed by atoms with Gasteiger partial charge in [-0.15, -0.1) is 0 Å². The van der Waals surface area contributed by atoms with E-state index < -0.39 is 78.2 Å². The van der Waals surface area contributed by atoms with Crippen LogP contribution in [0.1, 0.15) is 87.3 Å². The van der Waals surface area contributed by atoms with Crippen molar-refractivity contribution in [3.8, 4) is 23.0 Å². The quantitative estimate of drug-likeness (QED) is 0.105. The molecule has 0 aliphatic heterocycles. The second-order valence-corrected chi connectivity index (χ2v) is 14.1. The smallest absolute Gasteiger partial charge is 0.408 e. The van der Waals surface area contributed by atoms with Crippen LogP contribution in [0.25, 0.3) is 11.5 Å². The number of alkyl carbamates (subject to hydrolysis) is 1. The number of nitrogens with one attached hydrogen (secondary N) is 4. The summed E-state index contributed by atoms with van der Waals surface area (Å²) in [6.07, 6.45) is 0.765. The number of nitrogens with zero attached hydrogens (tertiary/aromatic N) is 1. The zero-order valence-electron chi connectivity index (χ0n) is 29.8. The van der Waals surface area contributed by atoms with E-state index in [2.05, 4.69) is 31.0 Å². The van der Waals surface area contributed by atoms with Gasteiger partial charge < -0.3 is 45.0 Å². The normalized spacial score (nSPS) is 15.8. The minimum atomic E-state index is -3.14. The number of carbonyl (C=O) groups excluding carboxylic acids is 3. The molecule has 3 aromatic rings. The predicted molar refractivity (Wildman–Crippen MR) is 182 cm³/mol. The van der Waals surface area contributed by atoms with Crippen molar-refractivity contribution in [2.75, 3.05) is 13.2 Å². The lowest BCUT2D eigenvalue weighted by atomic mass is 10.0. The number of hydrogen-bond donors (Lipinski definition) is 5. The van der Waals surface area contributed by atoms with E-state index in [0.717, 1.165) is 25.0 Å². The predicted octanol–water partition coefficient (Wildman–Crippen LogP) is 6.23. The Labute approximate surface area is 307 Å². The summed E-state index contributed by atoms with van der Waals surface area (Å²) in [6, 6.07) is 3.00. The number of carboxylic acid groups (broad SMARTS) is 1. The first kappa shape index (κ1) is 39.7. The van der Waals surface area contributed by atoms with Gasteiger partial charge in [0.05, 0.1) is 18.7 Å². The molecule has 54 heavy (non-hydrogen) atoms. The van der Waals surface area contributed by atoms with Crippen LogP contribution >= 0.6 is 0 Å². The Balaban J connectivity index is 1.48. The van der Waals surface area contributed by atoms with Crippen LogP contribution in [0.2, 0.25) is 0 Å². The highest BCUT2D eigenvalue weighted by Gasteiger charge is 2.38. The molecule has 1 heterocycles. The molecular weight excluding hydrogens is 722 g/mol. The lowest BCUT2D eigenvalue weighted by Crippen LogP contribution is -2.49. The summed E-state index contributed by atoms with van der Waals surface area (Å²) >= 11 is 0. The highest BCUT2D eigenvalue weighted by atomic mass is 19.3. The fraction of sp³-hybridized carbons (Fsp3) is 0.472. The number of alkyl halides is 2. The van der Waals surface area contributed by atoms with Crippen LogP contribution in [0, 0.1) is 23.5 Å². The molecule has 5 N–H and O–H groups in total. The van der Waals surface area contributed by atoms with Crippen molar-refractivity contribution in [1.82, 2.24) is 26.3 Å². The molecule has 2 aliphatic rings. The van der Waals surface area contributed by atoms with E-state index in [-0.39, 0.29) is 52.7 Å². The molecule has 0 spiro atoms. The van der Waals surface area contributed by atoms with Crippen molar-refractivity contribution < 1.29 is 60.5 Å². The number of amides is 4. The molecule has 3 atom stereocenters. The van der Waals surface area contributed by atoms with E-state index in [1.807, 2.05) is 0 Å². The van der Waals surface area contributed by atoms with Gasteiger partial charge in [-0.05, 0) is 89.5 Å². The topological polar surface area (TPSA) is 190 Å². The number of rotatable bonds is 16. The van der Waals surface area contributed by atoms with Gasteiger partial charge >= 0.3 is 18.8 Å². The summed E-state index contributed by atoms with van der Waals surface area (Å²) in [5.41, 5.74) is -1.33. The van der Waals surface area contributed by atoms with E-state index >= 15 is 4.39 Å². The molecule has 3 unspecified atom stereocenters. The number of oxazole rings is 1. The van der Waals surface area contributed by atoms with Gasteiger partial charge in [0, 0.05) is 23.7 Å². The standard InChI is InChI=1S/C36H41F4N5O9/c1-17(42-35(50)54-36(2,3)4)29-28(44-32(53-29)20-9-12-25(52-33(39)40)26(13-20)51-16-18-5-6-18)31(47)43-24(22-11-10-21(37)14-23(22)38)15-41-30(46)27(19-7-8-19)45-34(48)49/h9-14,17-19,24,27,33,45H,5-8,15-16H2,1-4H3,(H,41,46)(H,42,50)(H,43,47)(H,48,49). The first-order valence-electron chi connectivity index (χ1n) is 17.2. The molecule has 0 bridgehead atoms. The maximum Gasteiger partial charge on any atom is 0.408 e. The largest absolute Gasteiger partial charge is 0.489 e. The van der Waals surface area contributed by atoms with E-state index in [1.54, 1.807) is 20.8 Å². The summed E-state index contributed by atoms with van der Waals surface area (Å²) in [7, 11) is 0. The van der Waals surface area contributed by atoms with Gasteiger partial charge in [-0.25, -0.2) is 23.4 Å². The monoisotopic (exact) mass is 763 g/mol. The highest BCUT2D eigenvalue weighted by Crippen LogP contribution is 2.38. The Morgan fingerprint density at radius 3 is 2.31 bits per heavy atom. The molecule has 2 aliphatic carbocycles. The average molecular weight is 764 g/mol. The molecule has 0 radical (unpaired) electrons.